The molecule has 2 heteroatoms. The number of rotatable bonds is 5. The number of hydrogen-bond acceptors (Lipinski definition) is 1. The van der Waals surface area contributed by atoms with E-state index in [2.05, 4.69) is 32.2 Å². The summed E-state index contributed by atoms with van der Waals surface area (Å²) in [5.41, 5.74) is 2.60. The number of aryl methyl sites for hydroxylation is 1. The second-order valence-electron chi connectivity index (χ2n) is 3.97. The molecule has 0 bridgehead atoms. The van der Waals surface area contributed by atoms with Crippen LogP contribution in [0, 0.1) is 6.92 Å². The number of halogens is 1. The molecule has 0 radical (unpaired) electrons. The first-order chi connectivity index (χ1) is 7.17. The lowest BCUT2D eigenvalue weighted by Gasteiger charge is -2.15. The molecule has 0 aromatic heterocycles. The van der Waals surface area contributed by atoms with Crippen molar-refractivity contribution in [3.05, 3.63) is 34.3 Å². The molecule has 1 aromatic rings. The third kappa shape index (κ3) is 3.84. The van der Waals surface area contributed by atoms with Gasteiger partial charge in [0.2, 0.25) is 0 Å². The van der Waals surface area contributed by atoms with E-state index in [4.69, 9.17) is 11.6 Å². The molecule has 0 saturated heterocycles. The Morgan fingerprint density at radius 2 is 1.93 bits per heavy atom. The lowest BCUT2D eigenvalue weighted by molar-refractivity contribution is 0.483. The molecule has 1 nitrogen and oxygen atoms in total. The Kier molecular flexibility index (Phi) is 5.13. The summed E-state index contributed by atoms with van der Waals surface area (Å²) >= 11 is 5.91. The maximum atomic E-state index is 5.91. The first kappa shape index (κ1) is 12.5. The summed E-state index contributed by atoms with van der Waals surface area (Å²) in [6, 6.07) is 6.71. The fourth-order valence-electron chi connectivity index (χ4n) is 1.69. The van der Waals surface area contributed by atoms with Gasteiger partial charge >= 0.3 is 0 Å². The van der Waals surface area contributed by atoms with E-state index in [1.807, 2.05) is 12.1 Å². The normalized spacial score (nSPS) is 11.0. The van der Waals surface area contributed by atoms with Gasteiger partial charge in [-0.15, -0.1) is 0 Å². The van der Waals surface area contributed by atoms with Gasteiger partial charge in [0.05, 0.1) is 0 Å². The van der Waals surface area contributed by atoms with E-state index in [1.165, 1.54) is 24.0 Å². The van der Waals surface area contributed by atoms with Crippen LogP contribution in [0.15, 0.2) is 18.2 Å². The van der Waals surface area contributed by atoms with Crippen LogP contribution in [0.4, 0.5) is 0 Å². The van der Waals surface area contributed by atoms with Crippen LogP contribution in [-0.4, -0.2) is 6.04 Å². The van der Waals surface area contributed by atoms with Crippen molar-refractivity contribution in [1.82, 2.24) is 5.32 Å². The van der Waals surface area contributed by atoms with E-state index in [-0.39, 0.29) is 0 Å². The third-order valence-electron chi connectivity index (χ3n) is 2.87. The first-order valence-electron chi connectivity index (χ1n) is 5.65. The van der Waals surface area contributed by atoms with Crippen molar-refractivity contribution in [3.63, 3.8) is 0 Å². The largest absolute Gasteiger partial charge is 0.310 e. The zero-order chi connectivity index (χ0) is 11.3. The summed E-state index contributed by atoms with van der Waals surface area (Å²) in [6.45, 7) is 7.48. The van der Waals surface area contributed by atoms with Gasteiger partial charge in [0.1, 0.15) is 0 Å². The van der Waals surface area contributed by atoms with Gasteiger partial charge in [-0.25, -0.2) is 0 Å². The average Bonchev–Trinajstić information content (AvgIpc) is 2.22. The molecule has 0 aliphatic heterocycles. The van der Waals surface area contributed by atoms with E-state index < -0.39 is 0 Å². The predicted molar refractivity (Wildman–Crippen MR) is 67.4 cm³/mol. The molecular weight excluding hydrogens is 206 g/mol. The van der Waals surface area contributed by atoms with Crippen LogP contribution in [0.3, 0.4) is 0 Å². The maximum Gasteiger partial charge on any atom is 0.0408 e. The monoisotopic (exact) mass is 225 g/mol. The van der Waals surface area contributed by atoms with Crippen LogP contribution in [-0.2, 0) is 6.54 Å². The van der Waals surface area contributed by atoms with Gasteiger partial charge in [0.15, 0.2) is 0 Å². The van der Waals surface area contributed by atoms with Crippen LogP contribution >= 0.6 is 11.6 Å². The van der Waals surface area contributed by atoms with Crippen molar-refractivity contribution >= 4 is 11.6 Å². The van der Waals surface area contributed by atoms with Gasteiger partial charge in [-0.3, -0.25) is 0 Å². The molecule has 0 unspecified atom stereocenters. The van der Waals surface area contributed by atoms with E-state index in [0.717, 1.165) is 11.6 Å². The highest BCUT2D eigenvalue weighted by Crippen LogP contribution is 2.15. The summed E-state index contributed by atoms with van der Waals surface area (Å²) in [5, 5.41) is 4.37. The lowest BCUT2D eigenvalue weighted by Crippen LogP contribution is -2.27. The molecule has 1 N–H and O–H groups in total. The first-order valence-corrected chi connectivity index (χ1v) is 6.03. The molecule has 84 valence electrons. The van der Waals surface area contributed by atoms with Gasteiger partial charge in [0, 0.05) is 17.6 Å². The Balaban J connectivity index is 2.57. The average molecular weight is 226 g/mol. The summed E-state index contributed by atoms with van der Waals surface area (Å²) in [4.78, 5) is 0. The number of hydrogen-bond donors (Lipinski definition) is 1. The van der Waals surface area contributed by atoms with Crippen molar-refractivity contribution in [2.45, 2.75) is 46.2 Å². The highest BCUT2D eigenvalue weighted by Gasteiger charge is 2.04. The highest BCUT2D eigenvalue weighted by molar-refractivity contribution is 6.30. The molecule has 0 aliphatic carbocycles. The summed E-state index contributed by atoms with van der Waals surface area (Å²) in [5.74, 6) is 0. The van der Waals surface area contributed by atoms with E-state index in [9.17, 15) is 0 Å². The Labute approximate surface area is 97.8 Å². The summed E-state index contributed by atoms with van der Waals surface area (Å²) in [6.07, 6.45) is 2.37. The van der Waals surface area contributed by atoms with Crippen LogP contribution in [0.1, 0.15) is 37.8 Å². The quantitative estimate of drug-likeness (QED) is 0.801. The molecule has 0 fully saturated rings. The lowest BCUT2D eigenvalue weighted by atomic mass is 10.1. The van der Waals surface area contributed by atoms with Gasteiger partial charge < -0.3 is 5.32 Å². The fraction of sp³-hybridized carbons (Fsp3) is 0.538. The zero-order valence-electron chi connectivity index (χ0n) is 9.81. The minimum Gasteiger partial charge on any atom is -0.310 e. The molecular formula is C13H20ClN. The standard InChI is InChI=1S/C13H20ClN/c1-4-13(5-2)15-9-11-6-7-12(14)8-10(11)3/h6-8,13,15H,4-5,9H2,1-3H3. The van der Waals surface area contributed by atoms with E-state index in [0.29, 0.717) is 6.04 Å². The molecule has 0 amide bonds. The Hall–Kier alpha value is -0.530. The second kappa shape index (κ2) is 6.14. The molecule has 15 heavy (non-hydrogen) atoms. The molecule has 0 saturated carbocycles. The fourth-order valence-corrected chi connectivity index (χ4v) is 1.92. The smallest absolute Gasteiger partial charge is 0.0408 e. The number of benzene rings is 1. The van der Waals surface area contributed by atoms with Crippen LogP contribution in [0.2, 0.25) is 5.02 Å². The minimum atomic E-state index is 0.625. The van der Waals surface area contributed by atoms with E-state index in [1.54, 1.807) is 0 Å². The second-order valence-corrected chi connectivity index (χ2v) is 4.40. The van der Waals surface area contributed by atoms with Crippen molar-refractivity contribution in [2.24, 2.45) is 0 Å². The number of nitrogens with one attached hydrogen (secondary N) is 1. The van der Waals surface area contributed by atoms with Crippen molar-refractivity contribution in [3.8, 4) is 0 Å². The molecule has 0 atom stereocenters. The molecule has 0 aliphatic rings. The Bertz CT molecular complexity index is 305. The minimum absolute atomic E-state index is 0.625. The molecule has 1 rings (SSSR count). The third-order valence-corrected chi connectivity index (χ3v) is 3.11. The van der Waals surface area contributed by atoms with Crippen LogP contribution in [0.5, 0.6) is 0 Å². The van der Waals surface area contributed by atoms with Crippen molar-refractivity contribution in [2.75, 3.05) is 0 Å². The van der Waals surface area contributed by atoms with Gasteiger partial charge in [0.25, 0.3) is 0 Å². The van der Waals surface area contributed by atoms with Gasteiger partial charge in [-0.1, -0.05) is 31.5 Å². The Morgan fingerprint density at radius 3 is 2.47 bits per heavy atom. The predicted octanol–water partition coefficient (Wildman–Crippen LogP) is 3.93. The van der Waals surface area contributed by atoms with E-state index >= 15 is 0 Å². The maximum absolute atomic E-state index is 5.91. The zero-order valence-corrected chi connectivity index (χ0v) is 10.6. The van der Waals surface area contributed by atoms with Crippen molar-refractivity contribution in [1.29, 1.82) is 0 Å². The van der Waals surface area contributed by atoms with Crippen molar-refractivity contribution < 1.29 is 0 Å². The summed E-state index contributed by atoms with van der Waals surface area (Å²) < 4.78 is 0. The topological polar surface area (TPSA) is 12.0 Å². The van der Waals surface area contributed by atoms with Crippen LogP contribution in [0.25, 0.3) is 0 Å². The molecule has 1 aromatic carbocycles. The Morgan fingerprint density at radius 1 is 1.27 bits per heavy atom. The van der Waals surface area contributed by atoms with Gasteiger partial charge in [-0.2, -0.15) is 0 Å². The summed E-state index contributed by atoms with van der Waals surface area (Å²) in [7, 11) is 0. The van der Waals surface area contributed by atoms with Crippen LogP contribution < -0.4 is 5.32 Å². The molecule has 0 heterocycles. The van der Waals surface area contributed by atoms with Gasteiger partial charge in [-0.05, 0) is 43.0 Å². The molecule has 0 spiro atoms. The highest BCUT2D eigenvalue weighted by atomic mass is 35.5. The SMILES string of the molecule is CCC(CC)NCc1ccc(Cl)cc1C.